The molecule has 1 N–H and O–H groups in total. The van der Waals surface area contributed by atoms with Gasteiger partial charge in [-0.05, 0) is 30.7 Å². The van der Waals surface area contributed by atoms with Gasteiger partial charge in [0.1, 0.15) is 6.54 Å². The Bertz CT molecular complexity index is 1280. The highest BCUT2D eigenvalue weighted by atomic mass is 32.2. The number of hydrogen-bond acceptors (Lipinski definition) is 3. The first-order valence-electron chi connectivity index (χ1n) is 9.69. The summed E-state index contributed by atoms with van der Waals surface area (Å²) >= 11 is 0. The molecule has 30 heavy (non-hydrogen) atoms. The van der Waals surface area contributed by atoms with Gasteiger partial charge in [-0.25, -0.2) is 8.42 Å². The minimum Gasteiger partial charge on any atom is -0.348 e. The standard InChI is InChI=1S/C24H22N2O3S/c1-18(19-10-4-2-5-11-19)25-24(27)17-26-16-23(21-14-8-9-15-22(21)26)30(28,29)20-12-6-3-7-13-20/h2-16,18H,17H2,1H3,(H,25,27). The van der Waals surface area contributed by atoms with Crippen LogP contribution in [0.1, 0.15) is 18.5 Å². The van der Waals surface area contributed by atoms with Crippen LogP contribution >= 0.6 is 0 Å². The fourth-order valence-corrected chi connectivity index (χ4v) is 5.05. The highest BCUT2D eigenvalue weighted by Gasteiger charge is 2.23. The second kappa shape index (κ2) is 8.16. The molecule has 0 saturated heterocycles. The molecule has 1 atom stereocenters. The molecule has 0 spiro atoms. The minimum absolute atomic E-state index is 0.0298. The number of aromatic nitrogens is 1. The number of carbonyl (C=O) groups excluding carboxylic acids is 1. The van der Waals surface area contributed by atoms with E-state index in [4.69, 9.17) is 0 Å². The van der Waals surface area contributed by atoms with Crippen LogP contribution in [0.5, 0.6) is 0 Å². The molecule has 0 radical (unpaired) electrons. The SMILES string of the molecule is CC(NC(=O)Cn1cc(S(=O)(=O)c2ccccc2)c2ccccc21)c1ccccc1. The van der Waals surface area contributed by atoms with Crippen molar-refractivity contribution >= 4 is 26.6 Å². The third kappa shape index (κ3) is 3.86. The molecule has 0 aliphatic carbocycles. The summed E-state index contributed by atoms with van der Waals surface area (Å²) in [6.07, 6.45) is 1.56. The van der Waals surface area contributed by atoms with Crippen molar-refractivity contribution < 1.29 is 13.2 Å². The number of carbonyl (C=O) groups is 1. The third-order valence-corrected chi connectivity index (χ3v) is 6.88. The monoisotopic (exact) mass is 418 g/mol. The lowest BCUT2D eigenvalue weighted by Gasteiger charge is -2.15. The van der Waals surface area contributed by atoms with Gasteiger partial charge in [-0.15, -0.1) is 0 Å². The largest absolute Gasteiger partial charge is 0.348 e. The number of amides is 1. The molecule has 0 aliphatic rings. The number of nitrogens with zero attached hydrogens (tertiary/aromatic N) is 1. The van der Waals surface area contributed by atoms with Gasteiger partial charge in [0, 0.05) is 17.1 Å². The van der Waals surface area contributed by atoms with Crippen LogP contribution in [0.25, 0.3) is 10.9 Å². The minimum atomic E-state index is -3.70. The van der Waals surface area contributed by atoms with Crippen LogP contribution in [0.4, 0.5) is 0 Å². The molecule has 4 rings (SSSR count). The van der Waals surface area contributed by atoms with Crippen LogP contribution in [0.2, 0.25) is 0 Å². The Hall–Kier alpha value is -3.38. The Labute approximate surface area is 175 Å². The molecule has 1 unspecified atom stereocenters. The molecular formula is C24H22N2O3S. The van der Waals surface area contributed by atoms with Crippen molar-refractivity contribution in [2.24, 2.45) is 0 Å². The average molecular weight is 419 g/mol. The molecule has 152 valence electrons. The number of hydrogen-bond donors (Lipinski definition) is 1. The molecule has 1 amide bonds. The number of rotatable bonds is 6. The van der Waals surface area contributed by atoms with E-state index >= 15 is 0 Å². The first-order valence-corrected chi connectivity index (χ1v) is 11.2. The Balaban J connectivity index is 1.65. The van der Waals surface area contributed by atoms with Crippen LogP contribution in [0.3, 0.4) is 0 Å². The zero-order valence-electron chi connectivity index (χ0n) is 16.5. The van der Waals surface area contributed by atoms with Gasteiger partial charge in [0.2, 0.25) is 15.7 Å². The molecular weight excluding hydrogens is 396 g/mol. The van der Waals surface area contributed by atoms with Crippen molar-refractivity contribution in [3.8, 4) is 0 Å². The highest BCUT2D eigenvalue weighted by Crippen LogP contribution is 2.30. The predicted octanol–water partition coefficient (Wildman–Crippen LogP) is 4.35. The molecule has 0 saturated carbocycles. The summed E-state index contributed by atoms with van der Waals surface area (Å²) in [7, 11) is -3.70. The molecule has 0 fully saturated rings. The molecule has 6 heteroatoms. The molecule has 5 nitrogen and oxygen atoms in total. The number of fused-ring (bicyclic) bond motifs is 1. The van der Waals surface area contributed by atoms with Crippen LogP contribution in [-0.4, -0.2) is 18.9 Å². The second-order valence-corrected chi connectivity index (χ2v) is 9.07. The lowest BCUT2D eigenvalue weighted by molar-refractivity contribution is -0.122. The maximum atomic E-state index is 13.2. The van der Waals surface area contributed by atoms with E-state index < -0.39 is 9.84 Å². The quantitative estimate of drug-likeness (QED) is 0.506. The number of benzene rings is 3. The van der Waals surface area contributed by atoms with Gasteiger partial charge in [-0.3, -0.25) is 4.79 Å². The summed E-state index contributed by atoms with van der Waals surface area (Å²) in [6.45, 7) is 1.95. The summed E-state index contributed by atoms with van der Waals surface area (Å²) in [5.74, 6) is -0.184. The van der Waals surface area contributed by atoms with Crippen molar-refractivity contribution in [2.45, 2.75) is 29.3 Å². The highest BCUT2D eigenvalue weighted by molar-refractivity contribution is 7.91. The lowest BCUT2D eigenvalue weighted by atomic mass is 10.1. The fraction of sp³-hybridized carbons (Fsp3) is 0.125. The third-order valence-electron chi connectivity index (χ3n) is 5.09. The number of sulfone groups is 1. The van der Waals surface area contributed by atoms with E-state index in [1.807, 2.05) is 49.4 Å². The number of nitrogens with one attached hydrogen (secondary N) is 1. The van der Waals surface area contributed by atoms with Gasteiger partial charge in [-0.2, -0.15) is 0 Å². The predicted molar refractivity (Wildman–Crippen MR) is 117 cm³/mol. The van der Waals surface area contributed by atoms with Crippen LogP contribution in [0, 0.1) is 0 Å². The normalized spacial score (nSPS) is 12.6. The topological polar surface area (TPSA) is 68.2 Å². The van der Waals surface area contributed by atoms with Gasteiger partial charge in [0.05, 0.1) is 15.8 Å². The van der Waals surface area contributed by atoms with E-state index in [2.05, 4.69) is 5.32 Å². The first kappa shape index (κ1) is 19.9. The first-order chi connectivity index (χ1) is 14.5. The van der Waals surface area contributed by atoms with E-state index in [-0.39, 0.29) is 28.3 Å². The molecule has 0 aliphatic heterocycles. The van der Waals surface area contributed by atoms with Gasteiger partial charge in [-0.1, -0.05) is 66.7 Å². The summed E-state index contributed by atoms with van der Waals surface area (Å²) in [4.78, 5) is 13.1. The Morgan fingerprint density at radius 3 is 2.20 bits per heavy atom. The van der Waals surface area contributed by atoms with Crippen LogP contribution < -0.4 is 5.32 Å². The van der Waals surface area contributed by atoms with Crippen molar-refractivity contribution in [2.75, 3.05) is 0 Å². The summed E-state index contributed by atoms with van der Waals surface area (Å²) in [5.41, 5.74) is 1.71. The van der Waals surface area contributed by atoms with Crippen LogP contribution in [0.15, 0.2) is 101 Å². The van der Waals surface area contributed by atoms with Crippen molar-refractivity contribution in [1.82, 2.24) is 9.88 Å². The molecule has 3 aromatic carbocycles. The molecule has 1 heterocycles. The zero-order valence-corrected chi connectivity index (χ0v) is 17.3. The van der Waals surface area contributed by atoms with E-state index in [0.717, 1.165) is 5.56 Å². The summed E-state index contributed by atoms with van der Waals surface area (Å²) < 4.78 is 28.1. The lowest BCUT2D eigenvalue weighted by Crippen LogP contribution is -2.29. The molecule has 4 aromatic rings. The van der Waals surface area contributed by atoms with Gasteiger partial charge < -0.3 is 9.88 Å². The average Bonchev–Trinajstić information content (AvgIpc) is 3.14. The van der Waals surface area contributed by atoms with E-state index in [1.165, 1.54) is 0 Å². The Morgan fingerprint density at radius 1 is 0.900 bits per heavy atom. The number of para-hydroxylation sites is 1. The fourth-order valence-electron chi connectivity index (χ4n) is 3.55. The molecule has 1 aromatic heterocycles. The van der Waals surface area contributed by atoms with Gasteiger partial charge in [0.15, 0.2) is 0 Å². The Kier molecular flexibility index (Phi) is 5.42. The van der Waals surface area contributed by atoms with E-state index in [1.54, 1.807) is 53.2 Å². The maximum absolute atomic E-state index is 13.2. The molecule has 0 bridgehead atoms. The maximum Gasteiger partial charge on any atom is 0.240 e. The van der Waals surface area contributed by atoms with E-state index in [9.17, 15) is 13.2 Å². The summed E-state index contributed by atoms with van der Waals surface area (Å²) in [5, 5.41) is 3.58. The van der Waals surface area contributed by atoms with Crippen LogP contribution in [-0.2, 0) is 21.2 Å². The zero-order chi connectivity index (χ0) is 21.1. The second-order valence-electron chi connectivity index (χ2n) is 7.15. The van der Waals surface area contributed by atoms with Gasteiger partial charge >= 0.3 is 0 Å². The Morgan fingerprint density at radius 2 is 1.50 bits per heavy atom. The smallest absolute Gasteiger partial charge is 0.240 e. The van der Waals surface area contributed by atoms with Crippen molar-refractivity contribution in [1.29, 1.82) is 0 Å². The van der Waals surface area contributed by atoms with Crippen molar-refractivity contribution in [3.63, 3.8) is 0 Å². The summed E-state index contributed by atoms with van der Waals surface area (Å²) in [6, 6.07) is 25.1. The van der Waals surface area contributed by atoms with E-state index in [0.29, 0.717) is 10.9 Å². The van der Waals surface area contributed by atoms with Crippen molar-refractivity contribution in [3.05, 3.63) is 96.7 Å². The van der Waals surface area contributed by atoms with Gasteiger partial charge in [0.25, 0.3) is 0 Å².